The van der Waals surface area contributed by atoms with Crippen LogP contribution >= 0.6 is 0 Å². The highest BCUT2D eigenvalue weighted by Crippen LogP contribution is 2.35. The number of rotatable bonds is 4. The molecule has 1 heteroatoms. The van der Waals surface area contributed by atoms with Crippen molar-refractivity contribution in [1.29, 1.82) is 0 Å². The molecule has 1 saturated carbocycles. The third kappa shape index (κ3) is 3.41. The molecule has 1 aliphatic carbocycles. The van der Waals surface area contributed by atoms with Crippen LogP contribution in [0.15, 0.2) is 60.7 Å². The fourth-order valence-corrected chi connectivity index (χ4v) is 3.50. The van der Waals surface area contributed by atoms with E-state index >= 15 is 0 Å². The second-order valence-corrected chi connectivity index (χ2v) is 6.40. The fourth-order valence-electron chi connectivity index (χ4n) is 3.50. The van der Waals surface area contributed by atoms with Crippen LogP contribution in [-0.4, -0.2) is 5.11 Å². The van der Waals surface area contributed by atoms with Gasteiger partial charge in [-0.25, -0.2) is 0 Å². The molecule has 0 aliphatic heterocycles. The number of benzene rings is 2. The zero-order valence-electron chi connectivity index (χ0n) is 13.2. The predicted octanol–water partition coefficient (Wildman–Crippen LogP) is 5.65. The van der Waals surface area contributed by atoms with Crippen molar-refractivity contribution in [3.63, 3.8) is 0 Å². The van der Waals surface area contributed by atoms with E-state index in [9.17, 15) is 5.11 Å². The van der Waals surface area contributed by atoms with Crippen LogP contribution < -0.4 is 0 Å². The Bertz CT molecular complexity index is 619. The number of phenols is 1. The number of phenolic OH excluding ortho intramolecular Hbond substituents is 1. The molecule has 1 unspecified atom stereocenters. The average Bonchev–Trinajstić information content (AvgIpc) is 3.09. The molecule has 1 atom stereocenters. The van der Waals surface area contributed by atoms with Crippen LogP contribution in [0.4, 0.5) is 0 Å². The van der Waals surface area contributed by atoms with Crippen molar-refractivity contribution < 1.29 is 5.11 Å². The van der Waals surface area contributed by atoms with Crippen molar-refractivity contribution in [3.8, 4) is 5.75 Å². The summed E-state index contributed by atoms with van der Waals surface area (Å²) in [6.07, 6.45) is 7.90. The topological polar surface area (TPSA) is 20.2 Å². The first-order valence-electron chi connectivity index (χ1n) is 8.30. The molecule has 1 aliphatic rings. The summed E-state index contributed by atoms with van der Waals surface area (Å²) in [5, 5.41) is 9.54. The summed E-state index contributed by atoms with van der Waals surface area (Å²) in [4.78, 5) is 0. The van der Waals surface area contributed by atoms with E-state index in [0.717, 1.165) is 5.92 Å². The molecule has 1 N–H and O–H groups in total. The van der Waals surface area contributed by atoms with Gasteiger partial charge >= 0.3 is 0 Å². The quantitative estimate of drug-likeness (QED) is 0.772. The molecule has 3 rings (SSSR count). The Hall–Kier alpha value is -2.02. The van der Waals surface area contributed by atoms with Gasteiger partial charge in [-0.15, -0.1) is 0 Å². The lowest BCUT2D eigenvalue weighted by atomic mass is 9.87. The van der Waals surface area contributed by atoms with Gasteiger partial charge in [-0.1, -0.05) is 68.3 Å². The summed E-state index contributed by atoms with van der Waals surface area (Å²) >= 11 is 0. The molecule has 0 saturated heterocycles. The largest absolute Gasteiger partial charge is 0.508 e. The Labute approximate surface area is 133 Å². The van der Waals surface area contributed by atoms with Crippen LogP contribution in [0.2, 0.25) is 0 Å². The van der Waals surface area contributed by atoms with E-state index in [2.05, 4.69) is 43.3 Å². The Kier molecular flexibility index (Phi) is 4.62. The van der Waals surface area contributed by atoms with Crippen molar-refractivity contribution in [2.75, 3.05) is 0 Å². The zero-order valence-corrected chi connectivity index (χ0v) is 13.2. The summed E-state index contributed by atoms with van der Waals surface area (Å²) in [6, 6.07) is 18.1. The smallest absolute Gasteiger partial charge is 0.115 e. The van der Waals surface area contributed by atoms with E-state index < -0.39 is 0 Å². The van der Waals surface area contributed by atoms with Crippen molar-refractivity contribution in [1.82, 2.24) is 0 Å². The average molecular weight is 292 g/mol. The molecule has 0 bridgehead atoms. The lowest BCUT2D eigenvalue weighted by molar-refractivity contribution is 0.435. The fraction of sp³-hybridized carbons (Fsp3) is 0.333. The third-order valence-corrected chi connectivity index (χ3v) is 4.84. The molecule has 114 valence electrons. The normalized spacial score (nSPS) is 17.6. The van der Waals surface area contributed by atoms with E-state index in [4.69, 9.17) is 0 Å². The minimum atomic E-state index is 0.319. The van der Waals surface area contributed by atoms with Crippen molar-refractivity contribution in [3.05, 3.63) is 71.8 Å². The maximum Gasteiger partial charge on any atom is 0.115 e. The van der Waals surface area contributed by atoms with Gasteiger partial charge < -0.3 is 5.11 Å². The number of allylic oxidation sites excluding steroid dienone is 1. The van der Waals surface area contributed by atoms with Crippen LogP contribution in [0.1, 0.15) is 43.7 Å². The van der Waals surface area contributed by atoms with E-state index in [1.807, 2.05) is 12.1 Å². The molecule has 1 nitrogen and oxygen atoms in total. The van der Waals surface area contributed by atoms with Gasteiger partial charge in [-0.2, -0.15) is 0 Å². The van der Waals surface area contributed by atoms with Gasteiger partial charge in [0.25, 0.3) is 0 Å². The molecule has 0 spiro atoms. The van der Waals surface area contributed by atoms with E-state index in [-0.39, 0.29) is 0 Å². The molecule has 22 heavy (non-hydrogen) atoms. The van der Waals surface area contributed by atoms with Crippen molar-refractivity contribution >= 4 is 5.57 Å². The highest BCUT2D eigenvalue weighted by molar-refractivity contribution is 5.80. The van der Waals surface area contributed by atoms with E-state index in [1.165, 1.54) is 42.4 Å². The number of hydrogen-bond acceptors (Lipinski definition) is 1. The van der Waals surface area contributed by atoms with Crippen molar-refractivity contribution in [2.24, 2.45) is 11.8 Å². The maximum atomic E-state index is 9.54. The molecule has 0 aromatic heterocycles. The molecule has 2 aromatic rings. The van der Waals surface area contributed by atoms with Crippen molar-refractivity contribution in [2.45, 2.75) is 32.6 Å². The Balaban J connectivity index is 1.97. The van der Waals surface area contributed by atoms with Gasteiger partial charge in [0.15, 0.2) is 0 Å². The highest BCUT2D eigenvalue weighted by Gasteiger charge is 2.20. The molecule has 2 aromatic carbocycles. The number of aromatic hydroxyl groups is 1. The number of hydrogen-bond donors (Lipinski definition) is 1. The van der Waals surface area contributed by atoms with Crippen LogP contribution in [0, 0.1) is 11.8 Å². The zero-order chi connectivity index (χ0) is 15.4. The second kappa shape index (κ2) is 6.83. The maximum absolute atomic E-state index is 9.54. The minimum Gasteiger partial charge on any atom is -0.508 e. The molecule has 1 fully saturated rings. The Morgan fingerprint density at radius 1 is 0.955 bits per heavy atom. The molecule has 0 heterocycles. The van der Waals surface area contributed by atoms with Gasteiger partial charge in [0.05, 0.1) is 0 Å². The lowest BCUT2D eigenvalue weighted by Gasteiger charge is -2.18. The lowest BCUT2D eigenvalue weighted by Crippen LogP contribution is -2.05. The van der Waals surface area contributed by atoms with Gasteiger partial charge in [0.2, 0.25) is 0 Å². The monoisotopic (exact) mass is 292 g/mol. The first-order chi connectivity index (χ1) is 10.7. The molecule has 0 amide bonds. The summed E-state index contributed by atoms with van der Waals surface area (Å²) in [5.41, 5.74) is 3.70. The van der Waals surface area contributed by atoms with Crippen LogP contribution in [0.25, 0.3) is 5.57 Å². The highest BCUT2D eigenvalue weighted by atomic mass is 16.3. The Morgan fingerprint density at radius 2 is 1.55 bits per heavy atom. The van der Waals surface area contributed by atoms with Gasteiger partial charge in [-0.3, -0.25) is 0 Å². The van der Waals surface area contributed by atoms with E-state index in [0.29, 0.717) is 11.7 Å². The Morgan fingerprint density at radius 3 is 2.18 bits per heavy atom. The van der Waals surface area contributed by atoms with E-state index in [1.54, 1.807) is 12.1 Å². The van der Waals surface area contributed by atoms with Crippen LogP contribution in [0.3, 0.4) is 0 Å². The summed E-state index contributed by atoms with van der Waals surface area (Å²) in [7, 11) is 0. The minimum absolute atomic E-state index is 0.319. The molecule has 0 radical (unpaired) electrons. The SMILES string of the molecule is CC(/C=C(\c1ccccc1)c1ccc(O)cc1)C1CCCC1. The summed E-state index contributed by atoms with van der Waals surface area (Å²) in [5.74, 6) is 1.72. The summed E-state index contributed by atoms with van der Waals surface area (Å²) in [6.45, 7) is 2.35. The van der Waals surface area contributed by atoms with Gasteiger partial charge in [0.1, 0.15) is 5.75 Å². The molecular formula is C21H24O. The standard InChI is InChI=1S/C21H24O/c1-16(17-7-5-6-8-17)15-21(18-9-3-2-4-10-18)19-11-13-20(22)14-12-19/h2-4,9-17,22H,5-8H2,1H3/b21-15+. The molecular weight excluding hydrogens is 268 g/mol. The second-order valence-electron chi connectivity index (χ2n) is 6.40. The summed E-state index contributed by atoms with van der Waals surface area (Å²) < 4.78 is 0. The predicted molar refractivity (Wildman–Crippen MR) is 92.7 cm³/mol. The first kappa shape index (κ1) is 14.9. The van der Waals surface area contributed by atoms with Crippen LogP contribution in [0.5, 0.6) is 5.75 Å². The van der Waals surface area contributed by atoms with Gasteiger partial charge in [-0.05, 0) is 53.5 Å². The van der Waals surface area contributed by atoms with Crippen LogP contribution in [-0.2, 0) is 0 Å². The van der Waals surface area contributed by atoms with Gasteiger partial charge in [0, 0.05) is 0 Å². The third-order valence-electron chi connectivity index (χ3n) is 4.84. The first-order valence-corrected chi connectivity index (χ1v) is 8.30.